The first-order valence-corrected chi connectivity index (χ1v) is 7.13. The van der Waals surface area contributed by atoms with Gasteiger partial charge in [-0.05, 0) is 45.6 Å². The Morgan fingerprint density at radius 1 is 1.32 bits per heavy atom. The Morgan fingerprint density at radius 3 is 2.37 bits per heavy atom. The quantitative estimate of drug-likeness (QED) is 0.767. The van der Waals surface area contributed by atoms with Gasteiger partial charge in [0.1, 0.15) is 0 Å². The Bertz CT molecular complexity index is 321. The molecule has 1 rings (SSSR count). The van der Waals surface area contributed by atoms with Crippen LogP contribution in [0.15, 0.2) is 0 Å². The number of hydrogen-bond donors (Lipinski definition) is 2. The Kier molecular flexibility index (Phi) is 5.79. The maximum atomic E-state index is 12.4. The molecule has 0 unspecified atom stereocenters. The Labute approximate surface area is 115 Å². The molecule has 1 aliphatic heterocycles. The molecular weight excluding hydrogens is 244 g/mol. The van der Waals surface area contributed by atoms with Crippen molar-refractivity contribution in [2.24, 2.45) is 5.92 Å². The predicted octanol–water partition coefficient (Wildman–Crippen LogP) is 1.48. The SMILES string of the molecule is CCNC(C)(C)C(=O)N1CCC(CCC(=O)O)CC1. The summed E-state index contributed by atoms with van der Waals surface area (Å²) in [6.45, 7) is 8.08. The van der Waals surface area contributed by atoms with Crippen molar-refractivity contribution in [2.45, 2.75) is 52.0 Å². The van der Waals surface area contributed by atoms with E-state index in [4.69, 9.17) is 5.11 Å². The van der Waals surface area contributed by atoms with Crippen LogP contribution >= 0.6 is 0 Å². The van der Waals surface area contributed by atoms with Crippen LogP contribution in [0.5, 0.6) is 0 Å². The number of aliphatic carboxylic acids is 1. The van der Waals surface area contributed by atoms with Crippen molar-refractivity contribution in [1.29, 1.82) is 0 Å². The topological polar surface area (TPSA) is 69.6 Å². The van der Waals surface area contributed by atoms with Gasteiger partial charge in [0.15, 0.2) is 0 Å². The van der Waals surface area contributed by atoms with E-state index in [0.717, 1.165) is 38.9 Å². The lowest BCUT2D eigenvalue weighted by atomic mass is 9.91. The number of carboxylic acid groups (broad SMARTS) is 1. The minimum atomic E-state index is -0.730. The van der Waals surface area contributed by atoms with Crippen LogP contribution < -0.4 is 5.32 Å². The van der Waals surface area contributed by atoms with E-state index < -0.39 is 11.5 Å². The van der Waals surface area contributed by atoms with Gasteiger partial charge in [-0.2, -0.15) is 0 Å². The van der Waals surface area contributed by atoms with Crippen molar-refractivity contribution in [3.8, 4) is 0 Å². The number of nitrogens with zero attached hydrogens (tertiary/aromatic N) is 1. The molecule has 19 heavy (non-hydrogen) atoms. The number of piperidine rings is 1. The predicted molar refractivity (Wildman–Crippen MR) is 73.9 cm³/mol. The van der Waals surface area contributed by atoms with Gasteiger partial charge < -0.3 is 15.3 Å². The average Bonchev–Trinajstić information content (AvgIpc) is 2.36. The third-order valence-electron chi connectivity index (χ3n) is 3.82. The van der Waals surface area contributed by atoms with E-state index in [2.05, 4.69) is 5.32 Å². The molecule has 110 valence electrons. The zero-order chi connectivity index (χ0) is 14.5. The lowest BCUT2D eigenvalue weighted by Gasteiger charge is -2.37. The van der Waals surface area contributed by atoms with Gasteiger partial charge in [-0.1, -0.05) is 6.92 Å². The smallest absolute Gasteiger partial charge is 0.303 e. The molecule has 0 aromatic rings. The van der Waals surface area contributed by atoms with Gasteiger partial charge in [0.05, 0.1) is 5.54 Å². The fraction of sp³-hybridized carbons (Fsp3) is 0.857. The standard InChI is InChI=1S/C14H26N2O3/c1-4-15-14(2,3)13(19)16-9-7-11(8-10-16)5-6-12(17)18/h11,15H,4-10H2,1-3H3,(H,17,18). The Hall–Kier alpha value is -1.10. The van der Waals surface area contributed by atoms with Crippen molar-refractivity contribution in [1.82, 2.24) is 10.2 Å². The summed E-state index contributed by atoms with van der Waals surface area (Å²) in [5.74, 6) is -0.139. The molecule has 1 saturated heterocycles. The fourth-order valence-electron chi connectivity index (χ4n) is 2.67. The lowest BCUT2D eigenvalue weighted by molar-refractivity contribution is -0.140. The molecule has 0 aromatic heterocycles. The summed E-state index contributed by atoms with van der Waals surface area (Å²) in [5.41, 5.74) is -0.511. The van der Waals surface area contributed by atoms with Crippen LogP contribution in [0.25, 0.3) is 0 Å². The summed E-state index contributed by atoms with van der Waals surface area (Å²) >= 11 is 0. The number of hydrogen-bond acceptors (Lipinski definition) is 3. The normalized spacial score (nSPS) is 17.5. The zero-order valence-electron chi connectivity index (χ0n) is 12.2. The second-order valence-electron chi connectivity index (χ2n) is 5.82. The third kappa shape index (κ3) is 4.82. The summed E-state index contributed by atoms with van der Waals surface area (Å²) in [6.07, 6.45) is 2.80. The van der Waals surface area contributed by atoms with Crippen LogP contribution in [0.1, 0.15) is 46.5 Å². The van der Waals surface area contributed by atoms with Crippen molar-refractivity contribution in [2.75, 3.05) is 19.6 Å². The molecule has 1 amide bonds. The molecule has 0 aliphatic carbocycles. The molecule has 0 bridgehead atoms. The highest BCUT2D eigenvalue weighted by molar-refractivity contribution is 5.85. The molecule has 0 atom stereocenters. The highest BCUT2D eigenvalue weighted by atomic mass is 16.4. The van der Waals surface area contributed by atoms with Crippen LogP contribution in [-0.4, -0.2) is 47.1 Å². The first-order chi connectivity index (χ1) is 8.86. The van der Waals surface area contributed by atoms with E-state index in [1.807, 2.05) is 25.7 Å². The summed E-state index contributed by atoms with van der Waals surface area (Å²) in [6, 6.07) is 0. The second-order valence-corrected chi connectivity index (χ2v) is 5.82. The maximum Gasteiger partial charge on any atom is 0.303 e. The fourth-order valence-corrected chi connectivity index (χ4v) is 2.67. The van der Waals surface area contributed by atoms with E-state index in [9.17, 15) is 9.59 Å². The van der Waals surface area contributed by atoms with Crippen molar-refractivity contribution >= 4 is 11.9 Å². The van der Waals surface area contributed by atoms with Gasteiger partial charge in [0.2, 0.25) is 5.91 Å². The van der Waals surface area contributed by atoms with Gasteiger partial charge in [0.25, 0.3) is 0 Å². The number of carbonyl (C=O) groups excluding carboxylic acids is 1. The highest BCUT2D eigenvalue weighted by Crippen LogP contribution is 2.23. The van der Waals surface area contributed by atoms with E-state index in [1.165, 1.54) is 0 Å². The molecule has 0 spiro atoms. The minimum absolute atomic E-state index is 0.144. The number of carbonyl (C=O) groups is 2. The molecule has 1 aliphatic rings. The first kappa shape index (κ1) is 16.0. The molecule has 1 heterocycles. The molecule has 0 radical (unpaired) electrons. The largest absolute Gasteiger partial charge is 0.481 e. The van der Waals surface area contributed by atoms with Crippen LogP contribution in [-0.2, 0) is 9.59 Å². The molecular formula is C14H26N2O3. The Balaban J connectivity index is 2.41. The molecule has 2 N–H and O–H groups in total. The maximum absolute atomic E-state index is 12.4. The number of likely N-dealkylation sites (N-methyl/N-ethyl adjacent to an activating group) is 1. The van der Waals surface area contributed by atoms with Crippen molar-refractivity contribution in [3.63, 3.8) is 0 Å². The molecule has 0 saturated carbocycles. The summed E-state index contributed by atoms with van der Waals surface area (Å²) in [4.78, 5) is 24.8. The number of nitrogens with one attached hydrogen (secondary N) is 1. The minimum Gasteiger partial charge on any atom is -0.481 e. The van der Waals surface area contributed by atoms with Crippen molar-refractivity contribution in [3.05, 3.63) is 0 Å². The van der Waals surface area contributed by atoms with E-state index in [0.29, 0.717) is 5.92 Å². The number of amides is 1. The van der Waals surface area contributed by atoms with Crippen molar-refractivity contribution < 1.29 is 14.7 Å². The monoisotopic (exact) mass is 270 g/mol. The van der Waals surface area contributed by atoms with Gasteiger partial charge in [-0.3, -0.25) is 9.59 Å². The Morgan fingerprint density at radius 2 is 1.89 bits per heavy atom. The summed E-state index contributed by atoms with van der Waals surface area (Å²) in [5, 5.41) is 11.9. The zero-order valence-corrected chi connectivity index (χ0v) is 12.2. The summed E-state index contributed by atoms with van der Waals surface area (Å²) in [7, 11) is 0. The van der Waals surface area contributed by atoms with Gasteiger partial charge in [0, 0.05) is 19.5 Å². The number of carboxylic acids is 1. The number of rotatable bonds is 6. The molecule has 0 aromatic carbocycles. The van der Waals surface area contributed by atoms with E-state index in [-0.39, 0.29) is 12.3 Å². The number of likely N-dealkylation sites (tertiary alicyclic amines) is 1. The van der Waals surface area contributed by atoms with E-state index >= 15 is 0 Å². The molecule has 5 heteroatoms. The van der Waals surface area contributed by atoms with Gasteiger partial charge >= 0.3 is 5.97 Å². The second kappa shape index (κ2) is 6.89. The van der Waals surface area contributed by atoms with Crippen LogP contribution in [0.2, 0.25) is 0 Å². The molecule has 1 fully saturated rings. The summed E-state index contributed by atoms with van der Waals surface area (Å²) < 4.78 is 0. The lowest BCUT2D eigenvalue weighted by Crippen LogP contribution is -2.55. The molecule has 5 nitrogen and oxygen atoms in total. The average molecular weight is 270 g/mol. The highest BCUT2D eigenvalue weighted by Gasteiger charge is 2.33. The van der Waals surface area contributed by atoms with Crippen LogP contribution in [0.4, 0.5) is 0 Å². The van der Waals surface area contributed by atoms with Crippen LogP contribution in [0, 0.1) is 5.92 Å². The third-order valence-corrected chi connectivity index (χ3v) is 3.82. The van der Waals surface area contributed by atoms with Crippen LogP contribution in [0.3, 0.4) is 0 Å². The first-order valence-electron chi connectivity index (χ1n) is 7.13. The van der Waals surface area contributed by atoms with Gasteiger partial charge in [-0.25, -0.2) is 0 Å². The van der Waals surface area contributed by atoms with E-state index in [1.54, 1.807) is 0 Å². The van der Waals surface area contributed by atoms with Gasteiger partial charge in [-0.15, -0.1) is 0 Å².